The number of benzene rings is 1. The third-order valence-corrected chi connectivity index (χ3v) is 5.29. The van der Waals surface area contributed by atoms with Crippen LogP contribution < -0.4 is 5.32 Å². The molecule has 98 valence electrons. The van der Waals surface area contributed by atoms with E-state index < -0.39 is 0 Å². The Morgan fingerprint density at radius 3 is 3.06 bits per heavy atom. The van der Waals surface area contributed by atoms with Gasteiger partial charge in [0.1, 0.15) is 0 Å². The van der Waals surface area contributed by atoms with E-state index in [9.17, 15) is 5.11 Å². The van der Waals surface area contributed by atoms with E-state index >= 15 is 0 Å². The maximum absolute atomic E-state index is 9.70. The zero-order chi connectivity index (χ0) is 12.4. The van der Waals surface area contributed by atoms with Crippen molar-refractivity contribution in [3.8, 4) is 0 Å². The number of thioether (sulfide) groups is 1. The van der Waals surface area contributed by atoms with E-state index in [1.165, 1.54) is 23.3 Å². The molecule has 0 aromatic heterocycles. The summed E-state index contributed by atoms with van der Waals surface area (Å²) in [5.74, 6) is 1.81. The summed E-state index contributed by atoms with van der Waals surface area (Å²) >= 11 is 1.95. The molecule has 0 amide bonds. The summed E-state index contributed by atoms with van der Waals surface area (Å²) in [6.45, 7) is 1.05. The summed E-state index contributed by atoms with van der Waals surface area (Å²) in [6.07, 6.45) is 4.37. The van der Waals surface area contributed by atoms with E-state index in [-0.39, 0.29) is 6.10 Å². The van der Waals surface area contributed by atoms with Gasteiger partial charge in [0.2, 0.25) is 0 Å². The number of hydrogen-bond acceptors (Lipinski definition) is 3. The van der Waals surface area contributed by atoms with Crippen molar-refractivity contribution in [2.75, 3.05) is 12.3 Å². The fourth-order valence-corrected chi connectivity index (χ4v) is 4.28. The molecular weight excluding hydrogens is 242 g/mol. The highest BCUT2D eigenvalue weighted by atomic mass is 32.2. The quantitative estimate of drug-likeness (QED) is 0.879. The Balaban J connectivity index is 1.55. The molecule has 18 heavy (non-hydrogen) atoms. The van der Waals surface area contributed by atoms with Crippen LogP contribution in [0.2, 0.25) is 0 Å². The molecule has 1 saturated carbocycles. The lowest BCUT2D eigenvalue weighted by Gasteiger charge is -2.27. The fraction of sp³-hybridized carbons (Fsp3) is 0.600. The minimum atomic E-state index is -0.0595. The molecule has 1 aromatic carbocycles. The summed E-state index contributed by atoms with van der Waals surface area (Å²) in [5.41, 5.74) is 1.46. The van der Waals surface area contributed by atoms with Gasteiger partial charge < -0.3 is 10.4 Å². The molecule has 3 unspecified atom stereocenters. The van der Waals surface area contributed by atoms with Gasteiger partial charge in [-0.2, -0.15) is 0 Å². The van der Waals surface area contributed by atoms with E-state index in [1.807, 2.05) is 11.8 Å². The number of rotatable bonds is 3. The first kappa shape index (κ1) is 12.5. The molecule has 3 heteroatoms. The van der Waals surface area contributed by atoms with Gasteiger partial charge in [-0.3, -0.25) is 0 Å². The molecule has 0 saturated heterocycles. The van der Waals surface area contributed by atoms with Gasteiger partial charge in [-0.05, 0) is 43.4 Å². The zero-order valence-electron chi connectivity index (χ0n) is 10.6. The second-order valence-electron chi connectivity index (χ2n) is 5.50. The van der Waals surface area contributed by atoms with E-state index in [0.29, 0.717) is 12.0 Å². The molecule has 2 nitrogen and oxygen atoms in total. The average Bonchev–Trinajstić information content (AvgIpc) is 2.80. The summed E-state index contributed by atoms with van der Waals surface area (Å²) in [5, 5.41) is 13.4. The minimum absolute atomic E-state index is 0.0595. The number of aliphatic hydroxyl groups excluding tert-OH is 1. The lowest BCUT2D eigenvalue weighted by molar-refractivity contribution is 0.0999. The van der Waals surface area contributed by atoms with Crippen LogP contribution in [0, 0.1) is 5.92 Å². The van der Waals surface area contributed by atoms with Crippen LogP contribution >= 0.6 is 11.8 Å². The van der Waals surface area contributed by atoms with Gasteiger partial charge in [0, 0.05) is 16.7 Å². The average molecular weight is 263 g/mol. The number of hydrogen-bond donors (Lipinski definition) is 2. The van der Waals surface area contributed by atoms with Gasteiger partial charge in [-0.1, -0.05) is 24.6 Å². The van der Waals surface area contributed by atoms with Gasteiger partial charge in [0.05, 0.1) is 6.10 Å². The summed E-state index contributed by atoms with van der Waals surface area (Å²) in [4.78, 5) is 1.43. The first-order chi connectivity index (χ1) is 8.83. The van der Waals surface area contributed by atoms with Crippen LogP contribution in [0.5, 0.6) is 0 Å². The Bertz CT molecular complexity index is 409. The fourth-order valence-electron chi connectivity index (χ4n) is 3.09. The highest BCUT2D eigenvalue weighted by Crippen LogP contribution is 2.38. The number of nitrogens with one attached hydrogen (secondary N) is 1. The predicted molar refractivity (Wildman–Crippen MR) is 75.9 cm³/mol. The second kappa shape index (κ2) is 5.64. The molecule has 1 aliphatic heterocycles. The van der Waals surface area contributed by atoms with E-state index in [0.717, 1.165) is 25.1 Å². The van der Waals surface area contributed by atoms with E-state index in [4.69, 9.17) is 0 Å². The Morgan fingerprint density at radius 1 is 1.28 bits per heavy atom. The Hall–Kier alpha value is -0.510. The normalized spacial score (nSPS) is 31.3. The maximum atomic E-state index is 9.70. The zero-order valence-corrected chi connectivity index (χ0v) is 11.5. The van der Waals surface area contributed by atoms with Crippen LogP contribution in [0.1, 0.15) is 37.3 Å². The van der Waals surface area contributed by atoms with Crippen molar-refractivity contribution < 1.29 is 5.11 Å². The van der Waals surface area contributed by atoms with Crippen molar-refractivity contribution in [3.63, 3.8) is 0 Å². The van der Waals surface area contributed by atoms with Crippen molar-refractivity contribution in [1.82, 2.24) is 5.32 Å². The van der Waals surface area contributed by atoms with Gasteiger partial charge in [-0.15, -0.1) is 11.8 Å². The lowest BCUT2D eigenvalue weighted by Crippen LogP contribution is -2.31. The molecule has 2 aliphatic rings. The molecule has 0 radical (unpaired) electrons. The number of aliphatic hydroxyl groups is 1. The smallest absolute Gasteiger partial charge is 0.0543 e. The Morgan fingerprint density at radius 2 is 2.17 bits per heavy atom. The maximum Gasteiger partial charge on any atom is 0.0543 e. The monoisotopic (exact) mass is 263 g/mol. The highest BCUT2D eigenvalue weighted by molar-refractivity contribution is 7.99. The first-order valence-electron chi connectivity index (χ1n) is 6.96. The van der Waals surface area contributed by atoms with Crippen LogP contribution in [0.3, 0.4) is 0 Å². The molecule has 1 aromatic rings. The Kier molecular flexibility index (Phi) is 3.92. The molecule has 0 spiro atoms. The van der Waals surface area contributed by atoms with Crippen molar-refractivity contribution in [1.29, 1.82) is 0 Å². The van der Waals surface area contributed by atoms with Crippen LogP contribution in [0.4, 0.5) is 0 Å². The molecule has 1 heterocycles. The summed E-state index contributed by atoms with van der Waals surface area (Å²) in [7, 11) is 0. The second-order valence-corrected chi connectivity index (χ2v) is 6.56. The van der Waals surface area contributed by atoms with Gasteiger partial charge in [0.25, 0.3) is 0 Å². The topological polar surface area (TPSA) is 32.3 Å². The van der Waals surface area contributed by atoms with Crippen LogP contribution in [-0.4, -0.2) is 23.5 Å². The largest absolute Gasteiger partial charge is 0.393 e. The van der Waals surface area contributed by atoms with Crippen molar-refractivity contribution in [2.24, 2.45) is 5.92 Å². The van der Waals surface area contributed by atoms with Gasteiger partial charge >= 0.3 is 0 Å². The van der Waals surface area contributed by atoms with Crippen LogP contribution in [0.25, 0.3) is 0 Å². The van der Waals surface area contributed by atoms with Gasteiger partial charge in [-0.25, -0.2) is 0 Å². The predicted octanol–water partition coefficient (Wildman–Crippen LogP) is 2.97. The lowest BCUT2D eigenvalue weighted by atomic mass is 9.87. The van der Waals surface area contributed by atoms with Crippen LogP contribution in [-0.2, 0) is 0 Å². The molecule has 1 fully saturated rings. The third kappa shape index (κ3) is 2.73. The van der Waals surface area contributed by atoms with Crippen molar-refractivity contribution in [3.05, 3.63) is 29.8 Å². The van der Waals surface area contributed by atoms with Crippen LogP contribution in [0.15, 0.2) is 29.2 Å². The Labute approximate surface area is 113 Å². The third-order valence-electron chi connectivity index (χ3n) is 4.11. The molecule has 3 atom stereocenters. The van der Waals surface area contributed by atoms with Crippen molar-refractivity contribution >= 4 is 11.8 Å². The SMILES string of the molecule is OC1CCCC(CNC2CSc3ccccc32)C1. The highest BCUT2D eigenvalue weighted by Gasteiger charge is 2.25. The van der Waals surface area contributed by atoms with E-state index in [2.05, 4.69) is 29.6 Å². The van der Waals surface area contributed by atoms with Crippen molar-refractivity contribution in [2.45, 2.75) is 42.7 Å². The molecule has 1 aliphatic carbocycles. The van der Waals surface area contributed by atoms with E-state index in [1.54, 1.807) is 0 Å². The summed E-state index contributed by atoms with van der Waals surface area (Å²) < 4.78 is 0. The first-order valence-corrected chi connectivity index (χ1v) is 7.94. The molecular formula is C15H21NOS. The summed E-state index contributed by atoms with van der Waals surface area (Å²) in [6, 6.07) is 9.20. The minimum Gasteiger partial charge on any atom is -0.393 e. The standard InChI is InChI=1S/C15H21NOS/c17-12-5-3-4-11(8-12)9-16-14-10-18-15-7-2-1-6-13(14)15/h1-2,6-7,11-12,14,16-17H,3-5,8-10H2. The van der Waals surface area contributed by atoms with Gasteiger partial charge in [0.15, 0.2) is 0 Å². The molecule has 3 rings (SSSR count). The number of fused-ring (bicyclic) bond motifs is 1. The molecule has 0 bridgehead atoms. The molecule has 2 N–H and O–H groups in total.